The minimum Gasteiger partial charge on any atom is -0.479 e. The third-order valence-electron chi connectivity index (χ3n) is 3.51. The van der Waals surface area contributed by atoms with Crippen LogP contribution in [0.15, 0.2) is 36.8 Å². The van der Waals surface area contributed by atoms with Crippen LogP contribution in [0.2, 0.25) is 0 Å². The summed E-state index contributed by atoms with van der Waals surface area (Å²) in [6.45, 7) is 6.84. The maximum absolute atomic E-state index is 5.58. The van der Waals surface area contributed by atoms with E-state index in [4.69, 9.17) is 11.2 Å². The Hall–Kier alpha value is -1.97. The first-order valence-corrected chi connectivity index (χ1v) is 9.67. The molecule has 4 nitrogen and oxygen atoms in total. The molecule has 6 heteroatoms. The zero-order valence-corrected chi connectivity index (χ0v) is 15.8. The number of rotatable bonds is 8. The summed E-state index contributed by atoms with van der Waals surface area (Å²) in [7, 11) is 1.62. The Bertz CT molecular complexity index is 722. The maximum atomic E-state index is 5.58. The van der Waals surface area contributed by atoms with Gasteiger partial charge in [-0.25, -0.2) is 0 Å². The average Bonchev–Trinajstić information content (AvgIpc) is 3.04. The molecule has 2 aromatic rings. The third kappa shape index (κ3) is 4.11. The molecule has 0 bridgehead atoms. The quantitative estimate of drug-likeness (QED) is 0.662. The van der Waals surface area contributed by atoms with E-state index in [0.717, 1.165) is 27.0 Å². The van der Waals surface area contributed by atoms with Gasteiger partial charge in [-0.05, 0) is 18.4 Å². The van der Waals surface area contributed by atoms with Crippen LogP contribution in [0.25, 0.3) is 10.6 Å². The van der Waals surface area contributed by atoms with Crippen molar-refractivity contribution in [3.05, 3.63) is 36.8 Å². The second kappa shape index (κ2) is 8.76. The number of anilines is 1. The number of nitrogens with zero attached hydrogens (tertiary/aromatic N) is 3. The number of allylic oxidation sites excluding steroid dienone is 1. The molecule has 0 N–H and O–H groups in total. The first-order chi connectivity index (χ1) is 11.6. The summed E-state index contributed by atoms with van der Waals surface area (Å²) in [5.74, 6) is 4.57. The number of thiazole rings is 1. The molecule has 2 heterocycles. The molecule has 0 spiro atoms. The first kappa shape index (κ1) is 18.4. The van der Waals surface area contributed by atoms with E-state index in [2.05, 4.69) is 35.6 Å². The van der Waals surface area contributed by atoms with Crippen LogP contribution < -0.4 is 9.64 Å². The molecule has 0 radical (unpaired) electrons. The van der Waals surface area contributed by atoms with Crippen LogP contribution in [-0.2, 0) is 0 Å². The second-order valence-corrected chi connectivity index (χ2v) is 7.10. The predicted octanol–water partition coefficient (Wildman–Crippen LogP) is 4.17. The number of pyridine rings is 1. The summed E-state index contributed by atoms with van der Waals surface area (Å²) < 4.78 is 5.49. The molecule has 126 valence electrons. The van der Waals surface area contributed by atoms with Crippen molar-refractivity contribution in [1.82, 2.24) is 9.97 Å². The number of hydrogen-bond acceptors (Lipinski definition) is 6. The van der Waals surface area contributed by atoms with Gasteiger partial charge in [0, 0.05) is 35.3 Å². The summed E-state index contributed by atoms with van der Waals surface area (Å²) in [6, 6.07) is 3.87. The fourth-order valence-electron chi connectivity index (χ4n) is 2.22. The largest absolute Gasteiger partial charge is 0.479 e. The number of methoxy groups -OCH3 is 1. The topological polar surface area (TPSA) is 38.2 Å². The molecule has 0 aliphatic rings. The SMILES string of the molecule is C#CCN(C(=C)C(C)CSC)c1sc(-c2cccnc2)nc1OC. The Labute approximate surface area is 152 Å². The minimum atomic E-state index is 0.307. The van der Waals surface area contributed by atoms with Crippen LogP contribution in [0.5, 0.6) is 5.88 Å². The summed E-state index contributed by atoms with van der Waals surface area (Å²) in [6.07, 6.45) is 11.2. The van der Waals surface area contributed by atoms with E-state index < -0.39 is 0 Å². The Morgan fingerprint density at radius 2 is 2.38 bits per heavy atom. The molecule has 0 amide bonds. The molecule has 2 rings (SSSR count). The van der Waals surface area contributed by atoms with E-state index in [1.165, 1.54) is 11.3 Å². The summed E-state index contributed by atoms with van der Waals surface area (Å²) in [5.41, 5.74) is 1.93. The van der Waals surface area contributed by atoms with Crippen molar-refractivity contribution in [3.8, 4) is 28.8 Å². The van der Waals surface area contributed by atoms with Crippen LogP contribution in [0.1, 0.15) is 6.92 Å². The van der Waals surface area contributed by atoms with Crippen molar-refractivity contribution in [2.24, 2.45) is 5.92 Å². The van der Waals surface area contributed by atoms with Gasteiger partial charge in [0.25, 0.3) is 0 Å². The van der Waals surface area contributed by atoms with Gasteiger partial charge in [-0.3, -0.25) is 4.98 Å². The average molecular weight is 360 g/mol. The van der Waals surface area contributed by atoms with Gasteiger partial charge in [-0.2, -0.15) is 16.7 Å². The number of aromatic nitrogens is 2. The van der Waals surface area contributed by atoms with E-state index in [1.807, 2.05) is 17.0 Å². The zero-order chi connectivity index (χ0) is 17.5. The smallest absolute Gasteiger partial charge is 0.250 e. The normalized spacial score (nSPS) is 11.6. The molecule has 0 saturated heterocycles. The minimum absolute atomic E-state index is 0.307. The molecule has 0 saturated carbocycles. The van der Waals surface area contributed by atoms with Gasteiger partial charge >= 0.3 is 0 Å². The molecular weight excluding hydrogens is 338 g/mol. The number of thioether (sulfide) groups is 1. The number of terminal acetylenes is 1. The molecule has 0 aliphatic heterocycles. The number of ether oxygens (including phenoxy) is 1. The van der Waals surface area contributed by atoms with Gasteiger partial charge < -0.3 is 9.64 Å². The van der Waals surface area contributed by atoms with Gasteiger partial charge in [-0.15, -0.1) is 6.42 Å². The van der Waals surface area contributed by atoms with Crippen LogP contribution in [0.3, 0.4) is 0 Å². The molecule has 1 atom stereocenters. The van der Waals surface area contributed by atoms with Crippen LogP contribution in [-0.4, -0.2) is 35.6 Å². The highest BCUT2D eigenvalue weighted by molar-refractivity contribution is 7.98. The number of hydrogen-bond donors (Lipinski definition) is 0. The van der Waals surface area contributed by atoms with Gasteiger partial charge in [0.15, 0.2) is 5.00 Å². The van der Waals surface area contributed by atoms with E-state index in [9.17, 15) is 0 Å². The van der Waals surface area contributed by atoms with Crippen molar-refractivity contribution in [3.63, 3.8) is 0 Å². The van der Waals surface area contributed by atoms with E-state index in [0.29, 0.717) is 18.3 Å². The van der Waals surface area contributed by atoms with Gasteiger partial charge in [0.2, 0.25) is 5.88 Å². The fraction of sp³-hybridized carbons (Fsp3) is 0.333. The van der Waals surface area contributed by atoms with Crippen LogP contribution in [0.4, 0.5) is 5.00 Å². The molecule has 1 unspecified atom stereocenters. The van der Waals surface area contributed by atoms with Crippen molar-refractivity contribution in [1.29, 1.82) is 0 Å². The fourth-order valence-corrected chi connectivity index (χ4v) is 3.97. The molecule has 0 aliphatic carbocycles. The van der Waals surface area contributed by atoms with Crippen LogP contribution in [0, 0.1) is 18.3 Å². The highest BCUT2D eigenvalue weighted by Gasteiger charge is 2.23. The molecule has 2 aromatic heterocycles. The predicted molar refractivity (Wildman–Crippen MR) is 105 cm³/mol. The van der Waals surface area contributed by atoms with Crippen molar-refractivity contribution < 1.29 is 4.74 Å². The lowest BCUT2D eigenvalue weighted by Crippen LogP contribution is -2.26. The molecule has 0 aromatic carbocycles. The molecular formula is C18H21N3OS2. The molecule has 24 heavy (non-hydrogen) atoms. The highest BCUT2D eigenvalue weighted by atomic mass is 32.2. The Kier molecular flexibility index (Phi) is 6.71. The highest BCUT2D eigenvalue weighted by Crippen LogP contribution is 2.41. The van der Waals surface area contributed by atoms with Gasteiger partial charge in [0.1, 0.15) is 5.01 Å². The van der Waals surface area contributed by atoms with E-state index >= 15 is 0 Å². The lowest BCUT2D eigenvalue weighted by Gasteiger charge is -2.27. The van der Waals surface area contributed by atoms with Crippen molar-refractivity contribution in [2.75, 3.05) is 30.6 Å². The van der Waals surface area contributed by atoms with Crippen LogP contribution >= 0.6 is 23.1 Å². The lowest BCUT2D eigenvalue weighted by molar-refractivity contribution is 0.401. The summed E-state index contributed by atoms with van der Waals surface area (Å²) >= 11 is 3.33. The summed E-state index contributed by atoms with van der Waals surface area (Å²) in [4.78, 5) is 10.8. The first-order valence-electron chi connectivity index (χ1n) is 7.46. The Balaban J connectivity index is 2.41. The third-order valence-corrected chi connectivity index (χ3v) is 5.45. The zero-order valence-electron chi connectivity index (χ0n) is 14.2. The monoisotopic (exact) mass is 359 g/mol. The van der Waals surface area contributed by atoms with Crippen molar-refractivity contribution in [2.45, 2.75) is 6.92 Å². The van der Waals surface area contributed by atoms with Gasteiger partial charge in [0.05, 0.1) is 13.7 Å². The summed E-state index contributed by atoms with van der Waals surface area (Å²) in [5, 5.41) is 1.73. The Morgan fingerprint density at radius 1 is 1.58 bits per heavy atom. The lowest BCUT2D eigenvalue weighted by atomic mass is 10.1. The van der Waals surface area contributed by atoms with Crippen molar-refractivity contribution >= 4 is 28.1 Å². The van der Waals surface area contributed by atoms with E-state index in [-0.39, 0.29) is 0 Å². The van der Waals surface area contributed by atoms with Gasteiger partial charge in [-0.1, -0.05) is 30.8 Å². The Morgan fingerprint density at radius 3 is 2.96 bits per heavy atom. The standard InChI is InChI=1S/C18H21N3OS2/c1-6-10-21(14(3)13(2)12-23-5)18-16(22-4)20-17(24-18)15-8-7-9-19-11-15/h1,7-9,11,13H,3,10,12H2,2,4-5H3. The second-order valence-electron chi connectivity index (χ2n) is 5.21. The molecule has 0 fully saturated rings. The maximum Gasteiger partial charge on any atom is 0.250 e. The van der Waals surface area contributed by atoms with E-state index in [1.54, 1.807) is 31.3 Å².